The molecule has 1 radical (unpaired) electrons. The molecule has 1 unspecified atom stereocenters. The SMILES string of the molecule is [CH3][Sn]([CH3])[S]CCPc1ccccc1. The molecular formula is C10H16PSSn. The van der Waals surface area contributed by atoms with Gasteiger partial charge in [0.25, 0.3) is 0 Å². The molecule has 0 nitrogen and oxygen atoms in total. The van der Waals surface area contributed by atoms with Gasteiger partial charge in [0, 0.05) is 0 Å². The van der Waals surface area contributed by atoms with E-state index in [1.165, 1.54) is 17.2 Å². The summed E-state index contributed by atoms with van der Waals surface area (Å²) in [5.74, 6) is 1.38. The van der Waals surface area contributed by atoms with Crippen molar-refractivity contribution in [1.82, 2.24) is 0 Å². The normalized spacial score (nSPS) is 11.6. The Balaban J connectivity index is 2.13. The van der Waals surface area contributed by atoms with Gasteiger partial charge in [-0.05, 0) is 0 Å². The summed E-state index contributed by atoms with van der Waals surface area (Å²) in [5, 5.41) is 1.51. The van der Waals surface area contributed by atoms with Gasteiger partial charge in [-0.25, -0.2) is 0 Å². The van der Waals surface area contributed by atoms with Crippen molar-refractivity contribution in [3.05, 3.63) is 30.3 Å². The molecule has 0 bridgehead atoms. The summed E-state index contributed by atoms with van der Waals surface area (Å²) in [6.45, 7) is 0. The van der Waals surface area contributed by atoms with E-state index >= 15 is 0 Å². The third-order valence-electron chi connectivity index (χ3n) is 1.60. The van der Waals surface area contributed by atoms with Crippen LogP contribution in [0.3, 0.4) is 0 Å². The first-order chi connectivity index (χ1) is 6.29. The molecule has 1 aromatic rings. The molecule has 1 atom stereocenters. The fourth-order valence-corrected chi connectivity index (χ4v) is 9.07. The maximum absolute atomic E-state index is 2.46. The third kappa shape index (κ3) is 5.98. The van der Waals surface area contributed by atoms with Crippen LogP contribution in [0.2, 0.25) is 9.88 Å². The number of hydrogen-bond acceptors (Lipinski definition) is 1. The maximum atomic E-state index is 2.46. The van der Waals surface area contributed by atoms with Crippen molar-refractivity contribution < 1.29 is 0 Å². The Labute approximate surface area is 92.9 Å². The zero-order valence-corrected chi connectivity index (χ0v) is 12.9. The van der Waals surface area contributed by atoms with Gasteiger partial charge in [0.1, 0.15) is 0 Å². The minimum absolute atomic E-state index is 0.855. The van der Waals surface area contributed by atoms with Gasteiger partial charge in [0.05, 0.1) is 0 Å². The number of hydrogen-bond donors (Lipinski definition) is 0. The molecule has 0 aromatic heterocycles. The van der Waals surface area contributed by atoms with Crippen LogP contribution in [-0.4, -0.2) is 30.3 Å². The predicted octanol–water partition coefficient (Wildman–Crippen LogP) is 2.97. The van der Waals surface area contributed by atoms with Crippen molar-refractivity contribution in [1.29, 1.82) is 0 Å². The van der Waals surface area contributed by atoms with E-state index in [4.69, 9.17) is 0 Å². The van der Waals surface area contributed by atoms with E-state index in [-0.39, 0.29) is 0 Å². The standard InChI is InChI=1S/C8H11PS.2CH3.Sn/c10-7-6-9-8-4-2-1-3-5-8;;;/h1-5,9-10H,6-7H2;2*1H3;/q;;;+1/p-1. The third-order valence-corrected chi connectivity index (χ3v) is 10.9. The molecular weight excluding hydrogens is 302 g/mol. The topological polar surface area (TPSA) is 0 Å². The van der Waals surface area contributed by atoms with E-state index in [1.807, 2.05) is 0 Å². The Bertz CT molecular complexity index is 226. The molecule has 71 valence electrons. The number of benzene rings is 1. The summed E-state index contributed by atoms with van der Waals surface area (Å²) in [5.41, 5.74) is 0. The Kier molecular flexibility index (Phi) is 6.52. The van der Waals surface area contributed by atoms with Gasteiger partial charge in [-0.1, -0.05) is 0 Å². The zero-order chi connectivity index (χ0) is 9.52. The second-order valence-corrected chi connectivity index (χ2v) is 18.3. The quantitative estimate of drug-likeness (QED) is 0.457. The van der Waals surface area contributed by atoms with Crippen molar-refractivity contribution in [2.75, 3.05) is 11.9 Å². The van der Waals surface area contributed by atoms with Crippen molar-refractivity contribution in [2.24, 2.45) is 0 Å². The second kappa shape index (κ2) is 7.14. The average molecular weight is 318 g/mol. The molecule has 0 heterocycles. The van der Waals surface area contributed by atoms with Crippen LogP contribution in [0.5, 0.6) is 0 Å². The van der Waals surface area contributed by atoms with Gasteiger partial charge in [-0.3, -0.25) is 0 Å². The molecule has 0 saturated carbocycles. The molecule has 0 saturated heterocycles. The molecule has 1 rings (SSSR count). The number of rotatable bonds is 5. The Morgan fingerprint density at radius 1 is 1.23 bits per heavy atom. The second-order valence-electron chi connectivity index (χ2n) is 3.05. The first-order valence-corrected chi connectivity index (χ1v) is 15.9. The van der Waals surface area contributed by atoms with Gasteiger partial charge in [0.2, 0.25) is 0 Å². The van der Waals surface area contributed by atoms with Crippen LogP contribution in [0, 0.1) is 0 Å². The fraction of sp³-hybridized carbons (Fsp3) is 0.400. The van der Waals surface area contributed by atoms with Gasteiger partial charge in [-0.2, -0.15) is 0 Å². The molecule has 0 N–H and O–H groups in total. The summed E-state index contributed by atoms with van der Waals surface area (Å²) in [6.07, 6.45) is 1.38. The van der Waals surface area contributed by atoms with E-state index < -0.39 is 18.4 Å². The van der Waals surface area contributed by atoms with Crippen LogP contribution in [0.4, 0.5) is 0 Å². The van der Waals surface area contributed by atoms with E-state index in [2.05, 4.69) is 49.2 Å². The zero-order valence-electron chi connectivity index (χ0n) is 8.21. The van der Waals surface area contributed by atoms with Crippen LogP contribution in [-0.2, 0) is 0 Å². The Morgan fingerprint density at radius 3 is 2.54 bits per heavy atom. The molecule has 13 heavy (non-hydrogen) atoms. The van der Waals surface area contributed by atoms with Crippen LogP contribution in [0.25, 0.3) is 0 Å². The van der Waals surface area contributed by atoms with Crippen molar-refractivity contribution in [3.8, 4) is 0 Å². The molecule has 3 heteroatoms. The summed E-state index contributed by atoms with van der Waals surface area (Å²) in [4.78, 5) is 4.91. The molecule has 0 amide bonds. The van der Waals surface area contributed by atoms with Gasteiger partial charge < -0.3 is 0 Å². The van der Waals surface area contributed by atoms with Crippen LogP contribution < -0.4 is 5.30 Å². The first-order valence-electron chi connectivity index (χ1n) is 4.51. The predicted molar refractivity (Wildman–Crippen MR) is 69.2 cm³/mol. The molecule has 1 aromatic carbocycles. The van der Waals surface area contributed by atoms with Crippen molar-refractivity contribution in [3.63, 3.8) is 0 Å². The summed E-state index contributed by atoms with van der Waals surface area (Å²) in [7, 11) is 3.27. The Morgan fingerprint density at radius 2 is 1.92 bits per heavy atom. The minimum atomic E-state index is -0.855. The van der Waals surface area contributed by atoms with E-state index in [1.54, 1.807) is 0 Å². The average Bonchev–Trinajstić information content (AvgIpc) is 2.14. The van der Waals surface area contributed by atoms with Crippen molar-refractivity contribution in [2.45, 2.75) is 9.88 Å². The molecule has 0 aliphatic rings. The van der Waals surface area contributed by atoms with E-state index in [0.717, 1.165) is 8.58 Å². The Hall–Kier alpha value is 0.799. The van der Waals surface area contributed by atoms with Crippen LogP contribution in [0.15, 0.2) is 30.3 Å². The molecule has 0 spiro atoms. The fourth-order valence-electron chi connectivity index (χ4n) is 1.01. The molecule has 0 aliphatic heterocycles. The molecule has 0 aliphatic carbocycles. The summed E-state index contributed by atoms with van der Waals surface area (Å²) >= 11 is -0.855. The van der Waals surface area contributed by atoms with Crippen LogP contribution >= 0.6 is 17.5 Å². The van der Waals surface area contributed by atoms with Crippen molar-refractivity contribution >= 4 is 41.2 Å². The summed E-state index contributed by atoms with van der Waals surface area (Å²) in [6, 6.07) is 10.8. The van der Waals surface area contributed by atoms with Crippen LogP contribution in [0.1, 0.15) is 0 Å². The van der Waals surface area contributed by atoms with E-state index in [9.17, 15) is 0 Å². The molecule has 0 fully saturated rings. The monoisotopic (exact) mass is 319 g/mol. The van der Waals surface area contributed by atoms with E-state index in [0.29, 0.717) is 0 Å². The van der Waals surface area contributed by atoms with Gasteiger partial charge >= 0.3 is 93.3 Å². The summed E-state index contributed by atoms with van der Waals surface area (Å²) < 4.78 is 0. The van der Waals surface area contributed by atoms with Gasteiger partial charge in [-0.15, -0.1) is 0 Å². The van der Waals surface area contributed by atoms with Gasteiger partial charge in [0.15, 0.2) is 0 Å². The first kappa shape index (κ1) is 11.9.